The predicted molar refractivity (Wildman–Crippen MR) is 105 cm³/mol. The molecule has 1 atom stereocenters. The maximum atomic E-state index is 13.1. The van der Waals surface area contributed by atoms with Crippen LogP contribution in [0.4, 0.5) is 14.9 Å². The number of carbonyl (C=O) groups excluding carboxylic acids is 2. The molecule has 0 bridgehead atoms. The molecule has 0 saturated heterocycles. The first-order valence-electron chi connectivity index (χ1n) is 8.80. The fraction of sp³-hybridized carbons (Fsp3) is 0.150. The largest absolute Gasteiger partial charge is 0.480 e. The Labute approximate surface area is 165 Å². The number of hydrogen-bond acceptors (Lipinski definition) is 3. The number of aromatic nitrogens is 1. The van der Waals surface area contributed by atoms with Gasteiger partial charge in [0.05, 0.1) is 6.54 Å². The summed E-state index contributed by atoms with van der Waals surface area (Å²) < 4.78 is 13.1. The van der Waals surface area contributed by atoms with Gasteiger partial charge in [-0.2, -0.15) is 0 Å². The molecule has 0 spiro atoms. The van der Waals surface area contributed by atoms with Crippen molar-refractivity contribution in [2.24, 2.45) is 0 Å². The number of anilines is 1. The number of para-hydroxylation sites is 1. The Hall–Kier alpha value is -3.88. The minimum Gasteiger partial charge on any atom is -0.480 e. The molecule has 3 rings (SSSR count). The van der Waals surface area contributed by atoms with Gasteiger partial charge in [-0.05, 0) is 29.8 Å². The van der Waals surface area contributed by atoms with Crippen molar-refractivity contribution >= 4 is 34.5 Å². The standard InChI is InChI=1S/C20H19FN4O4/c21-13-4-3-5-14(9-13)24-18(26)11-23-20(29)25-17(19(27)28)8-12-10-22-16-7-2-1-6-15(12)16/h1-7,9-10,17,22H,8,11H2,(H,24,26)(H,27,28)(H2,23,25,29)/t17-/m0/s1. The number of aliphatic carboxylic acids is 1. The molecule has 0 unspecified atom stereocenters. The van der Waals surface area contributed by atoms with Crippen molar-refractivity contribution < 1.29 is 23.9 Å². The third-order valence-electron chi connectivity index (χ3n) is 4.22. The van der Waals surface area contributed by atoms with E-state index in [1.165, 1.54) is 18.2 Å². The number of aromatic amines is 1. The summed E-state index contributed by atoms with van der Waals surface area (Å²) in [6.07, 6.45) is 1.77. The lowest BCUT2D eigenvalue weighted by Gasteiger charge is -2.15. The van der Waals surface area contributed by atoms with E-state index in [0.29, 0.717) is 0 Å². The highest BCUT2D eigenvalue weighted by atomic mass is 19.1. The molecule has 1 aromatic heterocycles. The highest BCUT2D eigenvalue weighted by Crippen LogP contribution is 2.19. The van der Waals surface area contributed by atoms with E-state index in [-0.39, 0.29) is 12.1 Å². The molecular formula is C20H19FN4O4. The summed E-state index contributed by atoms with van der Waals surface area (Å²) in [5.74, 6) is -2.28. The maximum Gasteiger partial charge on any atom is 0.326 e. The lowest BCUT2D eigenvalue weighted by atomic mass is 10.1. The Morgan fingerprint density at radius 2 is 1.90 bits per heavy atom. The summed E-state index contributed by atoms with van der Waals surface area (Å²) in [5, 5.41) is 17.4. The van der Waals surface area contributed by atoms with Crippen LogP contribution in [0.2, 0.25) is 0 Å². The smallest absolute Gasteiger partial charge is 0.326 e. The first kappa shape index (κ1) is 19.9. The van der Waals surface area contributed by atoms with Crippen molar-refractivity contribution in [3.63, 3.8) is 0 Å². The quantitative estimate of drug-likeness (QED) is 0.419. The van der Waals surface area contributed by atoms with Crippen LogP contribution >= 0.6 is 0 Å². The van der Waals surface area contributed by atoms with Gasteiger partial charge < -0.3 is 26.0 Å². The average Bonchev–Trinajstić information content (AvgIpc) is 3.09. The number of hydrogen-bond donors (Lipinski definition) is 5. The molecule has 2 aromatic carbocycles. The second-order valence-corrected chi connectivity index (χ2v) is 6.34. The van der Waals surface area contributed by atoms with Crippen molar-refractivity contribution in [3.8, 4) is 0 Å². The topological polar surface area (TPSA) is 123 Å². The number of rotatable bonds is 7. The minimum absolute atomic E-state index is 0.0717. The molecule has 0 aliphatic heterocycles. The van der Waals surface area contributed by atoms with E-state index in [0.717, 1.165) is 22.5 Å². The lowest BCUT2D eigenvalue weighted by molar-refractivity contribution is -0.139. The van der Waals surface area contributed by atoms with Crippen molar-refractivity contribution in [2.75, 3.05) is 11.9 Å². The van der Waals surface area contributed by atoms with Crippen LogP contribution in [0.3, 0.4) is 0 Å². The van der Waals surface area contributed by atoms with E-state index in [9.17, 15) is 23.9 Å². The fourth-order valence-corrected chi connectivity index (χ4v) is 2.86. The number of fused-ring (bicyclic) bond motifs is 1. The van der Waals surface area contributed by atoms with Crippen LogP contribution in [0.5, 0.6) is 0 Å². The van der Waals surface area contributed by atoms with E-state index < -0.39 is 36.3 Å². The monoisotopic (exact) mass is 398 g/mol. The molecule has 8 nitrogen and oxygen atoms in total. The van der Waals surface area contributed by atoms with Gasteiger partial charge >= 0.3 is 12.0 Å². The SMILES string of the molecule is O=C(CNC(=O)N[C@@H](Cc1c[nH]c2ccccc12)C(=O)O)Nc1cccc(F)c1. The number of nitrogens with one attached hydrogen (secondary N) is 4. The summed E-state index contributed by atoms with van der Waals surface area (Å²) in [4.78, 5) is 38.5. The summed E-state index contributed by atoms with van der Waals surface area (Å²) in [6, 6.07) is 10.8. The van der Waals surface area contributed by atoms with Crippen molar-refractivity contribution in [1.29, 1.82) is 0 Å². The van der Waals surface area contributed by atoms with Crippen LogP contribution in [-0.2, 0) is 16.0 Å². The molecule has 0 fully saturated rings. The molecule has 3 amide bonds. The molecule has 0 aliphatic carbocycles. The number of amides is 3. The molecule has 0 saturated carbocycles. The van der Waals surface area contributed by atoms with E-state index >= 15 is 0 Å². The Morgan fingerprint density at radius 3 is 2.66 bits per heavy atom. The lowest BCUT2D eigenvalue weighted by Crippen LogP contribution is -2.48. The van der Waals surface area contributed by atoms with E-state index in [1.807, 2.05) is 24.3 Å². The highest BCUT2D eigenvalue weighted by Gasteiger charge is 2.22. The van der Waals surface area contributed by atoms with E-state index in [4.69, 9.17) is 0 Å². The highest BCUT2D eigenvalue weighted by molar-refractivity contribution is 5.94. The van der Waals surface area contributed by atoms with Crippen LogP contribution in [-0.4, -0.2) is 40.6 Å². The number of H-pyrrole nitrogens is 1. The number of benzene rings is 2. The zero-order valence-corrected chi connectivity index (χ0v) is 15.2. The van der Waals surface area contributed by atoms with Crippen molar-refractivity contribution in [3.05, 3.63) is 66.1 Å². The first-order valence-corrected chi connectivity index (χ1v) is 8.80. The Morgan fingerprint density at radius 1 is 1.10 bits per heavy atom. The van der Waals surface area contributed by atoms with Crippen LogP contribution in [0.25, 0.3) is 10.9 Å². The van der Waals surface area contributed by atoms with Gasteiger partial charge in [0.15, 0.2) is 0 Å². The number of carboxylic acids is 1. The van der Waals surface area contributed by atoms with Gasteiger partial charge in [0.1, 0.15) is 11.9 Å². The van der Waals surface area contributed by atoms with Crippen molar-refractivity contribution in [1.82, 2.24) is 15.6 Å². The zero-order valence-electron chi connectivity index (χ0n) is 15.2. The molecule has 150 valence electrons. The number of carboxylic acid groups (broad SMARTS) is 1. The van der Waals surface area contributed by atoms with Crippen LogP contribution in [0.15, 0.2) is 54.7 Å². The summed E-state index contributed by atoms with van der Waals surface area (Å²) >= 11 is 0. The van der Waals surface area contributed by atoms with Gasteiger partial charge in [0.25, 0.3) is 0 Å². The maximum absolute atomic E-state index is 13.1. The molecule has 1 heterocycles. The molecule has 0 radical (unpaired) electrons. The Bertz CT molecular complexity index is 1050. The fourth-order valence-electron chi connectivity index (χ4n) is 2.86. The molecular weight excluding hydrogens is 379 g/mol. The van der Waals surface area contributed by atoms with Gasteiger partial charge in [-0.1, -0.05) is 24.3 Å². The summed E-state index contributed by atoms with van der Waals surface area (Å²) in [6.45, 7) is -0.401. The van der Waals surface area contributed by atoms with Gasteiger partial charge in [0, 0.05) is 29.2 Å². The third kappa shape index (κ3) is 5.32. The Kier molecular flexibility index (Phi) is 6.08. The van der Waals surface area contributed by atoms with Crippen LogP contribution in [0.1, 0.15) is 5.56 Å². The first-order chi connectivity index (χ1) is 13.9. The van der Waals surface area contributed by atoms with Gasteiger partial charge in [-0.3, -0.25) is 4.79 Å². The molecule has 5 N–H and O–H groups in total. The second-order valence-electron chi connectivity index (χ2n) is 6.34. The molecule has 9 heteroatoms. The van der Waals surface area contributed by atoms with E-state index in [1.54, 1.807) is 6.20 Å². The van der Waals surface area contributed by atoms with Crippen LogP contribution in [0, 0.1) is 5.82 Å². The van der Waals surface area contributed by atoms with Gasteiger partial charge in [-0.15, -0.1) is 0 Å². The summed E-state index contributed by atoms with van der Waals surface area (Å²) in [5.41, 5.74) is 1.86. The average molecular weight is 398 g/mol. The molecule has 0 aliphatic rings. The number of urea groups is 1. The molecule has 29 heavy (non-hydrogen) atoms. The van der Waals surface area contributed by atoms with Gasteiger partial charge in [-0.25, -0.2) is 14.0 Å². The predicted octanol–water partition coefficient (Wildman–Crippen LogP) is 2.24. The Balaban J connectivity index is 1.54. The zero-order chi connectivity index (χ0) is 20.8. The second kappa shape index (κ2) is 8.87. The number of halogens is 1. The minimum atomic E-state index is -1.20. The number of carbonyl (C=O) groups is 3. The van der Waals surface area contributed by atoms with Gasteiger partial charge in [0.2, 0.25) is 5.91 Å². The normalized spacial score (nSPS) is 11.6. The molecule has 3 aromatic rings. The summed E-state index contributed by atoms with van der Waals surface area (Å²) in [7, 11) is 0. The third-order valence-corrected chi connectivity index (χ3v) is 4.22. The van der Waals surface area contributed by atoms with Crippen molar-refractivity contribution in [2.45, 2.75) is 12.5 Å². The van der Waals surface area contributed by atoms with Crippen LogP contribution < -0.4 is 16.0 Å². The van der Waals surface area contributed by atoms with E-state index in [2.05, 4.69) is 20.9 Å².